The molecule has 0 fully saturated rings. The van der Waals surface area contributed by atoms with E-state index in [0.29, 0.717) is 13.2 Å². The summed E-state index contributed by atoms with van der Waals surface area (Å²) in [6, 6.07) is 10.4. The molecular weight excluding hydrogens is 326 g/mol. The van der Waals surface area contributed by atoms with Gasteiger partial charge in [-0.15, -0.1) is 0 Å². The smallest absolute Gasteiger partial charge is 0.191 e. The van der Waals surface area contributed by atoms with Crippen LogP contribution in [0.15, 0.2) is 47.7 Å². The number of guanidine groups is 1. The van der Waals surface area contributed by atoms with E-state index < -0.39 is 0 Å². The van der Waals surface area contributed by atoms with E-state index >= 15 is 0 Å². The van der Waals surface area contributed by atoms with Gasteiger partial charge < -0.3 is 15.4 Å². The molecule has 0 aliphatic rings. The Morgan fingerprint density at radius 1 is 1.23 bits per heavy atom. The highest BCUT2D eigenvalue weighted by molar-refractivity contribution is 5.79. The van der Waals surface area contributed by atoms with Gasteiger partial charge in [0.1, 0.15) is 0 Å². The number of hydrogen-bond donors (Lipinski definition) is 2. The summed E-state index contributed by atoms with van der Waals surface area (Å²) in [4.78, 5) is 4.69. The van der Waals surface area contributed by atoms with E-state index in [4.69, 9.17) is 4.74 Å². The fourth-order valence-electron chi connectivity index (χ4n) is 2.47. The highest BCUT2D eigenvalue weighted by atomic mass is 16.5. The van der Waals surface area contributed by atoms with Crippen molar-refractivity contribution in [2.45, 2.75) is 53.0 Å². The van der Waals surface area contributed by atoms with Crippen LogP contribution in [0.5, 0.6) is 0 Å². The summed E-state index contributed by atoms with van der Waals surface area (Å²) in [7, 11) is 0. The third-order valence-electron chi connectivity index (χ3n) is 3.75. The molecule has 2 N–H and O–H groups in total. The van der Waals surface area contributed by atoms with E-state index in [9.17, 15) is 0 Å². The molecule has 142 valence electrons. The first kappa shape index (κ1) is 20.0. The van der Waals surface area contributed by atoms with Crippen LogP contribution < -0.4 is 10.6 Å². The fourth-order valence-corrected chi connectivity index (χ4v) is 2.47. The number of aliphatic imine (C=N–C) groups is 1. The van der Waals surface area contributed by atoms with Crippen molar-refractivity contribution in [3.63, 3.8) is 0 Å². The Labute approximate surface area is 156 Å². The number of ether oxygens (including phenoxy) is 1. The summed E-state index contributed by atoms with van der Waals surface area (Å²) in [6.07, 6.45) is 5.02. The minimum absolute atomic E-state index is 0.239. The Bertz CT molecular complexity index is 652. The maximum absolute atomic E-state index is 5.68. The number of rotatable bonds is 10. The van der Waals surface area contributed by atoms with Crippen LogP contribution in [-0.2, 0) is 24.4 Å². The Morgan fingerprint density at radius 3 is 2.81 bits per heavy atom. The maximum atomic E-state index is 5.68. The molecule has 2 aromatic rings. The van der Waals surface area contributed by atoms with Gasteiger partial charge in [0.25, 0.3) is 0 Å². The van der Waals surface area contributed by atoms with Crippen LogP contribution in [-0.4, -0.2) is 34.9 Å². The zero-order valence-corrected chi connectivity index (χ0v) is 16.1. The van der Waals surface area contributed by atoms with Crippen molar-refractivity contribution in [1.82, 2.24) is 20.4 Å². The molecule has 0 atom stereocenters. The fraction of sp³-hybridized carbons (Fsp3) is 0.500. The van der Waals surface area contributed by atoms with E-state index in [2.05, 4.69) is 65.8 Å². The van der Waals surface area contributed by atoms with Crippen LogP contribution >= 0.6 is 0 Å². The molecule has 1 aromatic heterocycles. The lowest BCUT2D eigenvalue weighted by Gasteiger charge is -2.12. The molecule has 0 radical (unpaired) electrons. The molecule has 0 amide bonds. The van der Waals surface area contributed by atoms with Crippen LogP contribution in [0.25, 0.3) is 0 Å². The first-order valence-electron chi connectivity index (χ1n) is 9.36. The molecule has 6 nitrogen and oxygen atoms in total. The number of aryl methyl sites for hydroxylation is 1. The first-order valence-corrected chi connectivity index (χ1v) is 9.36. The van der Waals surface area contributed by atoms with Crippen LogP contribution in [0.4, 0.5) is 0 Å². The Kier molecular flexibility index (Phi) is 8.69. The summed E-state index contributed by atoms with van der Waals surface area (Å²) in [5.74, 6) is 0.844. The number of aromatic nitrogens is 2. The third-order valence-corrected chi connectivity index (χ3v) is 3.75. The van der Waals surface area contributed by atoms with Gasteiger partial charge in [0.05, 0.1) is 19.3 Å². The second kappa shape index (κ2) is 11.3. The van der Waals surface area contributed by atoms with E-state index in [1.54, 1.807) is 6.20 Å². The average Bonchev–Trinajstić information content (AvgIpc) is 3.15. The number of nitrogens with one attached hydrogen (secondary N) is 2. The van der Waals surface area contributed by atoms with Crippen molar-refractivity contribution in [3.05, 3.63) is 53.9 Å². The third kappa shape index (κ3) is 7.70. The summed E-state index contributed by atoms with van der Waals surface area (Å²) in [5.41, 5.74) is 2.37. The monoisotopic (exact) mass is 357 g/mol. The lowest BCUT2D eigenvalue weighted by Crippen LogP contribution is -2.38. The Balaban J connectivity index is 1.82. The second-order valence-corrected chi connectivity index (χ2v) is 6.42. The molecule has 0 bridgehead atoms. The van der Waals surface area contributed by atoms with Crippen molar-refractivity contribution >= 4 is 5.96 Å². The quantitative estimate of drug-likeness (QED) is 0.390. The van der Waals surface area contributed by atoms with Crippen LogP contribution in [0.3, 0.4) is 0 Å². The SMILES string of the molecule is CCNC(=NCc1cccc(COC(C)C)c1)NCCCn1cccn1. The topological polar surface area (TPSA) is 63.5 Å². The molecule has 0 unspecified atom stereocenters. The van der Waals surface area contributed by atoms with Crippen molar-refractivity contribution < 1.29 is 4.74 Å². The molecule has 0 aliphatic carbocycles. The van der Waals surface area contributed by atoms with Crippen molar-refractivity contribution in [3.8, 4) is 0 Å². The number of nitrogens with zero attached hydrogens (tertiary/aromatic N) is 3. The molecular formula is C20H31N5O. The molecule has 6 heteroatoms. The molecule has 1 heterocycles. The maximum Gasteiger partial charge on any atom is 0.191 e. The molecule has 0 spiro atoms. The zero-order chi connectivity index (χ0) is 18.6. The normalized spacial score (nSPS) is 11.8. The van der Waals surface area contributed by atoms with Gasteiger partial charge >= 0.3 is 0 Å². The standard InChI is InChI=1S/C20H31N5O/c1-4-21-20(22-10-6-12-25-13-7-11-24-25)23-15-18-8-5-9-19(14-18)16-26-17(2)3/h5,7-9,11,13-14,17H,4,6,10,12,15-16H2,1-3H3,(H2,21,22,23). The Hall–Kier alpha value is -2.34. The van der Waals surface area contributed by atoms with E-state index in [1.165, 1.54) is 11.1 Å². The van der Waals surface area contributed by atoms with Crippen molar-refractivity contribution in [2.75, 3.05) is 13.1 Å². The van der Waals surface area contributed by atoms with Crippen molar-refractivity contribution in [2.24, 2.45) is 4.99 Å². The first-order chi connectivity index (χ1) is 12.7. The molecule has 0 aliphatic heterocycles. The van der Waals surface area contributed by atoms with Gasteiger partial charge in [-0.3, -0.25) is 4.68 Å². The van der Waals surface area contributed by atoms with E-state index in [-0.39, 0.29) is 6.10 Å². The Morgan fingerprint density at radius 2 is 2.08 bits per heavy atom. The largest absolute Gasteiger partial charge is 0.374 e. The zero-order valence-electron chi connectivity index (χ0n) is 16.1. The van der Waals surface area contributed by atoms with Gasteiger partial charge in [0, 0.05) is 32.0 Å². The molecule has 0 saturated heterocycles. The van der Waals surface area contributed by atoms with Gasteiger partial charge in [-0.2, -0.15) is 5.10 Å². The molecule has 2 rings (SSSR count). The molecule has 1 aromatic carbocycles. The minimum atomic E-state index is 0.239. The average molecular weight is 358 g/mol. The van der Waals surface area contributed by atoms with E-state index in [0.717, 1.165) is 32.0 Å². The van der Waals surface area contributed by atoms with Gasteiger partial charge in [0.2, 0.25) is 0 Å². The summed E-state index contributed by atoms with van der Waals surface area (Å²) >= 11 is 0. The number of hydrogen-bond acceptors (Lipinski definition) is 3. The second-order valence-electron chi connectivity index (χ2n) is 6.42. The predicted molar refractivity (Wildman–Crippen MR) is 106 cm³/mol. The molecule has 26 heavy (non-hydrogen) atoms. The highest BCUT2D eigenvalue weighted by Gasteiger charge is 2.01. The summed E-state index contributed by atoms with van der Waals surface area (Å²) in [6.45, 7) is 10.1. The minimum Gasteiger partial charge on any atom is -0.374 e. The molecule has 0 saturated carbocycles. The summed E-state index contributed by atoms with van der Waals surface area (Å²) in [5, 5.41) is 10.9. The van der Waals surface area contributed by atoms with Gasteiger partial charge in [0.15, 0.2) is 5.96 Å². The van der Waals surface area contributed by atoms with Crippen LogP contribution in [0.2, 0.25) is 0 Å². The lowest BCUT2D eigenvalue weighted by molar-refractivity contribution is 0.0657. The van der Waals surface area contributed by atoms with E-state index in [1.807, 2.05) is 16.9 Å². The van der Waals surface area contributed by atoms with Gasteiger partial charge in [-0.1, -0.05) is 24.3 Å². The van der Waals surface area contributed by atoms with Crippen LogP contribution in [0, 0.1) is 0 Å². The van der Waals surface area contributed by atoms with Gasteiger partial charge in [-0.25, -0.2) is 4.99 Å². The van der Waals surface area contributed by atoms with Gasteiger partial charge in [-0.05, 0) is 44.4 Å². The van der Waals surface area contributed by atoms with Crippen LogP contribution in [0.1, 0.15) is 38.3 Å². The van der Waals surface area contributed by atoms with Crippen molar-refractivity contribution in [1.29, 1.82) is 0 Å². The summed E-state index contributed by atoms with van der Waals surface area (Å²) < 4.78 is 7.62. The predicted octanol–water partition coefficient (Wildman–Crippen LogP) is 2.95. The lowest BCUT2D eigenvalue weighted by atomic mass is 10.1. The highest BCUT2D eigenvalue weighted by Crippen LogP contribution is 2.09. The number of benzene rings is 1.